The first-order valence-electron chi connectivity index (χ1n) is 6.41. The van der Waals surface area contributed by atoms with Crippen LogP contribution in [0.25, 0.3) is 0 Å². The molecule has 0 N–H and O–H groups in total. The zero-order valence-corrected chi connectivity index (χ0v) is 12.5. The third-order valence-electron chi connectivity index (χ3n) is 3.09. The molecule has 2 rings (SSSR count). The SMILES string of the molecule is CCN(c1ccccc1C)c1nc(C)nc(Cl)c1C=O. The first-order chi connectivity index (χ1) is 9.58. The van der Waals surface area contributed by atoms with Crippen LogP contribution in [0.2, 0.25) is 5.15 Å². The van der Waals surface area contributed by atoms with Gasteiger partial charge in [0.2, 0.25) is 0 Å². The highest BCUT2D eigenvalue weighted by molar-refractivity contribution is 6.32. The second-order valence-corrected chi connectivity index (χ2v) is 4.81. The number of benzene rings is 1. The van der Waals surface area contributed by atoms with Gasteiger partial charge in [0, 0.05) is 12.2 Å². The molecule has 1 heterocycles. The zero-order valence-electron chi connectivity index (χ0n) is 11.7. The number of aromatic nitrogens is 2. The van der Waals surface area contributed by atoms with Crippen LogP contribution >= 0.6 is 11.6 Å². The first-order valence-corrected chi connectivity index (χ1v) is 6.78. The van der Waals surface area contributed by atoms with E-state index >= 15 is 0 Å². The Labute approximate surface area is 123 Å². The summed E-state index contributed by atoms with van der Waals surface area (Å²) in [7, 11) is 0. The molecule has 0 radical (unpaired) electrons. The molecule has 0 amide bonds. The summed E-state index contributed by atoms with van der Waals surface area (Å²) in [6, 6.07) is 7.96. The van der Waals surface area contributed by atoms with E-state index in [0.29, 0.717) is 30.0 Å². The van der Waals surface area contributed by atoms with Crippen LogP contribution in [-0.4, -0.2) is 22.8 Å². The molecule has 0 unspecified atom stereocenters. The lowest BCUT2D eigenvalue weighted by molar-refractivity contribution is 0.112. The van der Waals surface area contributed by atoms with Crippen molar-refractivity contribution in [1.82, 2.24) is 9.97 Å². The van der Waals surface area contributed by atoms with Gasteiger partial charge in [-0.2, -0.15) is 0 Å². The summed E-state index contributed by atoms with van der Waals surface area (Å²) in [5, 5.41) is 0.189. The first kappa shape index (κ1) is 14.5. The molecular formula is C15H16ClN3O. The van der Waals surface area contributed by atoms with E-state index in [1.165, 1.54) is 0 Å². The average molecular weight is 290 g/mol. The number of halogens is 1. The van der Waals surface area contributed by atoms with E-state index in [0.717, 1.165) is 11.3 Å². The lowest BCUT2D eigenvalue weighted by Gasteiger charge is -2.25. The van der Waals surface area contributed by atoms with Gasteiger partial charge in [-0.05, 0) is 32.4 Å². The largest absolute Gasteiger partial charge is 0.326 e. The Morgan fingerprint density at radius 3 is 2.55 bits per heavy atom. The number of para-hydroxylation sites is 1. The van der Waals surface area contributed by atoms with Crippen LogP contribution in [0.15, 0.2) is 24.3 Å². The van der Waals surface area contributed by atoms with Crippen molar-refractivity contribution in [2.45, 2.75) is 20.8 Å². The lowest BCUT2D eigenvalue weighted by Crippen LogP contribution is -2.21. The van der Waals surface area contributed by atoms with Crippen molar-refractivity contribution in [2.24, 2.45) is 0 Å². The third kappa shape index (κ3) is 2.65. The van der Waals surface area contributed by atoms with Gasteiger partial charge >= 0.3 is 0 Å². The Morgan fingerprint density at radius 2 is 1.95 bits per heavy atom. The molecule has 0 saturated carbocycles. The van der Waals surface area contributed by atoms with Crippen molar-refractivity contribution in [3.63, 3.8) is 0 Å². The van der Waals surface area contributed by atoms with Gasteiger partial charge in [0.25, 0.3) is 0 Å². The standard InChI is InChI=1S/C15H16ClN3O/c1-4-19(13-8-6-5-7-10(13)2)15-12(9-20)14(16)17-11(3)18-15/h5-9H,4H2,1-3H3. The van der Waals surface area contributed by atoms with Crippen molar-refractivity contribution >= 4 is 29.4 Å². The van der Waals surface area contributed by atoms with Crippen LogP contribution in [-0.2, 0) is 0 Å². The molecule has 0 spiro atoms. The third-order valence-corrected chi connectivity index (χ3v) is 3.37. The second-order valence-electron chi connectivity index (χ2n) is 4.45. The normalized spacial score (nSPS) is 10.4. The van der Waals surface area contributed by atoms with Crippen molar-refractivity contribution in [3.05, 3.63) is 46.4 Å². The van der Waals surface area contributed by atoms with Gasteiger partial charge in [-0.1, -0.05) is 29.8 Å². The molecule has 104 valence electrons. The van der Waals surface area contributed by atoms with Crippen molar-refractivity contribution < 1.29 is 4.79 Å². The monoisotopic (exact) mass is 289 g/mol. The van der Waals surface area contributed by atoms with E-state index in [1.54, 1.807) is 6.92 Å². The highest BCUT2D eigenvalue weighted by Gasteiger charge is 2.18. The number of anilines is 2. The van der Waals surface area contributed by atoms with Crippen LogP contribution in [0.1, 0.15) is 28.7 Å². The number of aldehydes is 1. The second kappa shape index (κ2) is 6.01. The summed E-state index contributed by atoms with van der Waals surface area (Å²) in [5.41, 5.74) is 2.44. The predicted octanol–water partition coefficient (Wildman–Crippen LogP) is 3.72. The number of hydrogen-bond donors (Lipinski definition) is 0. The summed E-state index contributed by atoms with van der Waals surface area (Å²) in [5.74, 6) is 1.09. The summed E-state index contributed by atoms with van der Waals surface area (Å²) in [6.45, 7) is 6.47. The predicted molar refractivity (Wildman–Crippen MR) is 81.0 cm³/mol. The van der Waals surface area contributed by atoms with E-state index in [4.69, 9.17) is 11.6 Å². The van der Waals surface area contributed by atoms with Gasteiger partial charge in [0.05, 0.1) is 5.56 Å². The molecule has 20 heavy (non-hydrogen) atoms. The Kier molecular flexibility index (Phi) is 4.35. The summed E-state index contributed by atoms with van der Waals surface area (Å²) >= 11 is 6.05. The molecule has 0 atom stereocenters. The highest BCUT2D eigenvalue weighted by atomic mass is 35.5. The summed E-state index contributed by atoms with van der Waals surface area (Å²) < 4.78 is 0. The minimum atomic E-state index is 0.189. The number of carbonyl (C=O) groups is 1. The molecule has 0 saturated heterocycles. The van der Waals surface area contributed by atoms with Crippen LogP contribution in [0.4, 0.5) is 11.5 Å². The summed E-state index contributed by atoms with van der Waals surface area (Å²) in [4.78, 5) is 21.7. The minimum Gasteiger partial charge on any atom is -0.326 e. The van der Waals surface area contributed by atoms with Gasteiger partial charge in [-0.3, -0.25) is 4.79 Å². The number of hydrogen-bond acceptors (Lipinski definition) is 4. The number of nitrogens with zero attached hydrogens (tertiary/aromatic N) is 3. The Balaban J connectivity index is 2.64. The fourth-order valence-corrected chi connectivity index (χ4v) is 2.39. The van der Waals surface area contributed by atoms with Crippen molar-refractivity contribution in [2.75, 3.05) is 11.4 Å². The van der Waals surface area contributed by atoms with E-state index < -0.39 is 0 Å². The van der Waals surface area contributed by atoms with Crippen LogP contribution in [0.5, 0.6) is 0 Å². The van der Waals surface area contributed by atoms with Gasteiger partial charge in [0.15, 0.2) is 6.29 Å². The molecule has 4 nitrogen and oxygen atoms in total. The lowest BCUT2D eigenvalue weighted by atomic mass is 10.1. The van der Waals surface area contributed by atoms with Crippen molar-refractivity contribution in [1.29, 1.82) is 0 Å². The van der Waals surface area contributed by atoms with Gasteiger partial charge in [-0.15, -0.1) is 0 Å². The van der Waals surface area contributed by atoms with E-state index in [-0.39, 0.29) is 5.15 Å². The highest BCUT2D eigenvalue weighted by Crippen LogP contribution is 2.30. The van der Waals surface area contributed by atoms with Crippen LogP contribution in [0.3, 0.4) is 0 Å². The fraction of sp³-hybridized carbons (Fsp3) is 0.267. The molecular weight excluding hydrogens is 274 g/mol. The van der Waals surface area contributed by atoms with Crippen LogP contribution < -0.4 is 4.90 Å². The smallest absolute Gasteiger partial charge is 0.156 e. The molecule has 0 bridgehead atoms. The maximum Gasteiger partial charge on any atom is 0.156 e. The van der Waals surface area contributed by atoms with Gasteiger partial charge < -0.3 is 4.90 Å². The van der Waals surface area contributed by atoms with Gasteiger partial charge in [0.1, 0.15) is 16.8 Å². The maximum atomic E-state index is 11.3. The minimum absolute atomic E-state index is 0.189. The summed E-state index contributed by atoms with van der Waals surface area (Å²) in [6.07, 6.45) is 0.706. The number of carbonyl (C=O) groups excluding carboxylic acids is 1. The van der Waals surface area contributed by atoms with E-state index in [1.807, 2.05) is 43.0 Å². The molecule has 5 heteroatoms. The number of aryl methyl sites for hydroxylation is 2. The molecule has 1 aromatic heterocycles. The maximum absolute atomic E-state index is 11.3. The van der Waals surface area contributed by atoms with Crippen LogP contribution in [0, 0.1) is 13.8 Å². The zero-order chi connectivity index (χ0) is 14.7. The molecule has 1 aromatic carbocycles. The topological polar surface area (TPSA) is 46.1 Å². The quantitative estimate of drug-likeness (QED) is 0.636. The Bertz CT molecular complexity index is 643. The fourth-order valence-electron chi connectivity index (χ4n) is 2.14. The average Bonchev–Trinajstić information content (AvgIpc) is 2.41. The Hall–Kier alpha value is -1.94. The van der Waals surface area contributed by atoms with E-state index in [9.17, 15) is 4.79 Å². The van der Waals surface area contributed by atoms with E-state index in [2.05, 4.69) is 9.97 Å². The molecule has 0 aliphatic carbocycles. The van der Waals surface area contributed by atoms with Crippen molar-refractivity contribution in [3.8, 4) is 0 Å². The molecule has 2 aromatic rings. The Morgan fingerprint density at radius 1 is 1.25 bits per heavy atom. The number of rotatable bonds is 4. The van der Waals surface area contributed by atoms with Gasteiger partial charge in [-0.25, -0.2) is 9.97 Å². The molecule has 0 fully saturated rings. The molecule has 0 aliphatic rings. The molecule has 0 aliphatic heterocycles.